The molecule has 0 spiro atoms. The first-order chi connectivity index (χ1) is 9.63. The molecule has 0 radical (unpaired) electrons. The standard InChI is InChI=1S/C20H41N/c1-8-13-21-15-17-9-10-18(20(5,6)7)14-16(17)11-12-19(2,3)4/h16-18,21H,8-15H2,1-7H3. The Hall–Kier alpha value is -0.0400. The molecule has 3 unspecified atom stereocenters. The van der Waals surface area contributed by atoms with Gasteiger partial charge in [-0.1, -0.05) is 48.5 Å². The molecule has 3 atom stereocenters. The Morgan fingerprint density at radius 2 is 1.62 bits per heavy atom. The highest BCUT2D eigenvalue weighted by atomic mass is 14.9. The lowest BCUT2D eigenvalue weighted by Gasteiger charge is -2.43. The maximum absolute atomic E-state index is 3.69. The third-order valence-electron chi connectivity index (χ3n) is 5.46. The smallest absolute Gasteiger partial charge is 0.00179 e. The predicted octanol–water partition coefficient (Wildman–Crippen LogP) is 5.89. The van der Waals surface area contributed by atoms with Gasteiger partial charge in [0.25, 0.3) is 0 Å². The van der Waals surface area contributed by atoms with Crippen molar-refractivity contribution in [1.29, 1.82) is 0 Å². The third-order valence-corrected chi connectivity index (χ3v) is 5.46. The van der Waals surface area contributed by atoms with E-state index in [1.807, 2.05) is 0 Å². The van der Waals surface area contributed by atoms with Gasteiger partial charge in [0, 0.05) is 0 Å². The molecule has 1 aliphatic carbocycles. The zero-order valence-electron chi connectivity index (χ0n) is 15.9. The summed E-state index contributed by atoms with van der Waals surface area (Å²) in [7, 11) is 0. The van der Waals surface area contributed by atoms with Crippen LogP contribution in [0.3, 0.4) is 0 Å². The van der Waals surface area contributed by atoms with Crippen LogP contribution in [0.15, 0.2) is 0 Å². The van der Waals surface area contributed by atoms with Gasteiger partial charge < -0.3 is 5.32 Å². The SMILES string of the molecule is CCCNCC1CCC(C(C)(C)C)CC1CCC(C)(C)C. The van der Waals surface area contributed by atoms with E-state index in [1.54, 1.807) is 0 Å². The minimum atomic E-state index is 0.482. The maximum Gasteiger partial charge on any atom is -0.00179 e. The van der Waals surface area contributed by atoms with E-state index in [-0.39, 0.29) is 0 Å². The molecule has 126 valence electrons. The number of rotatable bonds is 6. The molecule has 1 aliphatic rings. The lowest BCUT2D eigenvalue weighted by Crippen LogP contribution is -2.37. The Kier molecular flexibility index (Phi) is 7.24. The molecule has 1 rings (SSSR count). The van der Waals surface area contributed by atoms with E-state index in [9.17, 15) is 0 Å². The molecule has 1 saturated carbocycles. The molecule has 0 amide bonds. The second-order valence-electron chi connectivity index (χ2n) is 9.70. The summed E-state index contributed by atoms with van der Waals surface area (Å²) in [6.07, 6.45) is 8.39. The van der Waals surface area contributed by atoms with Crippen molar-refractivity contribution in [2.24, 2.45) is 28.6 Å². The van der Waals surface area contributed by atoms with Gasteiger partial charge in [-0.15, -0.1) is 0 Å². The fourth-order valence-corrected chi connectivity index (χ4v) is 3.82. The summed E-state index contributed by atoms with van der Waals surface area (Å²) in [6, 6.07) is 0. The molecule has 0 aromatic rings. The monoisotopic (exact) mass is 295 g/mol. The maximum atomic E-state index is 3.69. The van der Waals surface area contributed by atoms with Gasteiger partial charge in [0.15, 0.2) is 0 Å². The largest absolute Gasteiger partial charge is 0.316 e. The van der Waals surface area contributed by atoms with Crippen LogP contribution < -0.4 is 5.32 Å². The molecule has 1 heteroatoms. The van der Waals surface area contributed by atoms with Crippen molar-refractivity contribution < 1.29 is 0 Å². The van der Waals surface area contributed by atoms with Gasteiger partial charge in [-0.25, -0.2) is 0 Å². The number of hydrogen-bond acceptors (Lipinski definition) is 1. The Morgan fingerprint density at radius 3 is 2.14 bits per heavy atom. The average Bonchev–Trinajstić information content (AvgIpc) is 2.35. The molecule has 0 aromatic heterocycles. The predicted molar refractivity (Wildman–Crippen MR) is 95.6 cm³/mol. The Balaban J connectivity index is 2.60. The van der Waals surface area contributed by atoms with Crippen molar-refractivity contribution in [1.82, 2.24) is 5.32 Å². The highest BCUT2D eigenvalue weighted by Gasteiger charge is 2.35. The second kappa shape index (κ2) is 7.99. The van der Waals surface area contributed by atoms with Gasteiger partial charge in [0.2, 0.25) is 0 Å². The molecule has 0 heterocycles. The van der Waals surface area contributed by atoms with Gasteiger partial charge >= 0.3 is 0 Å². The van der Waals surface area contributed by atoms with Gasteiger partial charge in [-0.3, -0.25) is 0 Å². The normalized spacial score (nSPS) is 27.9. The van der Waals surface area contributed by atoms with Crippen molar-refractivity contribution in [3.63, 3.8) is 0 Å². The summed E-state index contributed by atoms with van der Waals surface area (Å²) in [5, 5.41) is 3.69. The molecule has 1 N–H and O–H groups in total. The lowest BCUT2D eigenvalue weighted by atomic mass is 9.64. The topological polar surface area (TPSA) is 12.0 Å². The van der Waals surface area contributed by atoms with Gasteiger partial charge in [0.1, 0.15) is 0 Å². The summed E-state index contributed by atoms with van der Waals surface area (Å²) in [5.41, 5.74) is 0.970. The fraction of sp³-hybridized carbons (Fsp3) is 1.00. The second-order valence-corrected chi connectivity index (χ2v) is 9.70. The quantitative estimate of drug-likeness (QED) is 0.602. The lowest BCUT2D eigenvalue weighted by molar-refractivity contribution is 0.0857. The van der Waals surface area contributed by atoms with Gasteiger partial charge in [0.05, 0.1) is 0 Å². The molecular weight excluding hydrogens is 254 g/mol. The molecular formula is C20H41N. The van der Waals surface area contributed by atoms with Crippen molar-refractivity contribution in [2.45, 2.75) is 87.0 Å². The van der Waals surface area contributed by atoms with Gasteiger partial charge in [-0.2, -0.15) is 0 Å². The molecule has 1 nitrogen and oxygen atoms in total. The average molecular weight is 296 g/mol. The first-order valence-corrected chi connectivity index (χ1v) is 9.34. The van der Waals surface area contributed by atoms with E-state index in [2.05, 4.69) is 53.8 Å². The zero-order valence-corrected chi connectivity index (χ0v) is 15.9. The summed E-state index contributed by atoms with van der Waals surface area (Å²) >= 11 is 0. The van der Waals surface area contributed by atoms with E-state index in [4.69, 9.17) is 0 Å². The summed E-state index contributed by atoms with van der Waals surface area (Å²) in [6.45, 7) is 19.2. The van der Waals surface area contributed by atoms with E-state index in [0.717, 1.165) is 17.8 Å². The van der Waals surface area contributed by atoms with Crippen LogP contribution in [0.2, 0.25) is 0 Å². The first kappa shape index (κ1) is 19.0. The van der Waals surface area contributed by atoms with E-state index in [1.165, 1.54) is 51.6 Å². The van der Waals surface area contributed by atoms with Crippen molar-refractivity contribution >= 4 is 0 Å². The van der Waals surface area contributed by atoms with E-state index >= 15 is 0 Å². The van der Waals surface area contributed by atoms with Crippen LogP contribution in [-0.4, -0.2) is 13.1 Å². The van der Waals surface area contributed by atoms with E-state index in [0.29, 0.717) is 10.8 Å². The Bertz CT molecular complexity index is 281. The molecule has 0 bridgehead atoms. The molecule has 1 fully saturated rings. The minimum Gasteiger partial charge on any atom is -0.316 e. The van der Waals surface area contributed by atoms with Crippen LogP contribution in [0.1, 0.15) is 87.0 Å². The summed E-state index contributed by atoms with van der Waals surface area (Å²) in [5.74, 6) is 2.77. The van der Waals surface area contributed by atoms with Crippen LogP contribution >= 0.6 is 0 Å². The molecule has 0 saturated heterocycles. The Morgan fingerprint density at radius 1 is 0.952 bits per heavy atom. The Labute approximate surface area is 134 Å². The highest BCUT2D eigenvalue weighted by molar-refractivity contribution is 4.87. The molecule has 21 heavy (non-hydrogen) atoms. The number of nitrogens with one attached hydrogen (secondary N) is 1. The van der Waals surface area contributed by atoms with Gasteiger partial charge in [-0.05, 0) is 80.2 Å². The van der Waals surface area contributed by atoms with Crippen LogP contribution in [0, 0.1) is 28.6 Å². The first-order valence-electron chi connectivity index (χ1n) is 9.34. The summed E-state index contributed by atoms with van der Waals surface area (Å²) in [4.78, 5) is 0. The summed E-state index contributed by atoms with van der Waals surface area (Å²) < 4.78 is 0. The van der Waals surface area contributed by atoms with Crippen LogP contribution in [-0.2, 0) is 0 Å². The zero-order chi connectivity index (χ0) is 16.1. The van der Waals surface area contributed by atoms with Crippen molar-refractivity contribution in [3.8, 4) is 0 Å². The minimum absolute atomic E-state index is 0.482. The fourth-order valence-electron chi connectivity index (χ4n) is 3.82. The third kappa shape index (κ3) is 7.17. The van der Waals surface area contributed by atoms with Crippen LogP contribution in [0.4, 0.5) is 0 Å². The molecule has 0 aromatic carbocycles. The number of hydrogen-bond donors (Lipinski definition) is 1. The van der Waals surface area contributed by atoms with Crippen LogP contribution in [0.25, 0.3) is 0 Å². The van der Waals surface area contributed by atoms with Crippen molar-refractivity contribution in [3.05, 3.63) is 0 Å². The highest BCUT2D eigenvalue weighted by Crippen LogP contribution is 2.45. The van der Waals surface area contributed by atoms with Crippen molar-refractivity contribution in [2.75, 3.05) is 13.1 Å². The molecule has 0 aliphatic heterocycles. The van der Waals surface area contributed by atoms with Crippen LogP contribution in [0.5, 0.6) is 0 Å². The van der Waals surface area contributed by atoms with E-state index < -0.39 is 0 Å².